The van der Waals surface area contributed by atoms with Crippen LogP contribution in [0.25, 0.3) is 0 Å². The quantitative estimate of drug-likeness (QED) is 0.884. The molecular weight excluding hydrogens is 308 g/mol. The molecule has 0 spiro atoms. The molecule has 0 saturated carbocycles. The molecule has 0 bridgehead atoms. The van der Waals surface area contributed by atoms with Crippen molar-refractivity contribution in [3.63, 3.8) is 0 Å². The van der Waals surface area contributed by atoms with E-state index < -0.39 is 27.2 Å². The number of nitrogens with two attached hydrogens (primary N) is 1. The molecule has 0 radical (unpaired) electrons. The van der Waals surface area contributed by atoms with E-state index >= 15 is 0 Å². The van der Waals surface area contributed by atoms with Crippen LogP contribution in [0.15, 0.2) is 41.3 Å². The second-order valence-corrected chi connectivity index (χ2v) is 6.58. The number of rotatable bonds is 3. The van der Waals surface area contributed by atoms with Crippen LogP contribution in [0.1, 0.15) is 5.56 Å². The first-order chi connectivity index (χ1) is 9.29. The Morgan fingerprint density at radius 3 is 2.40 bits per heavy atom. The van der Waals surface area contributed by atoms with E-state index in [0.29, 0.717) is 0 Å². The normalized spacial score (nSPS) is 11.6. The van der Waals surface area contributed by atoms with Gasteiger partial charge in [-0.25, -0.2) is 17.2 Å². The van der Waals surface area contributed by atoms with Crippen LogP contribution >= 0.6 is 11.6 Å². The van der Waals surface area contributed by atoms with E-state index in [1.165, 1.54) is 24.3 Å². The molecule has 0 fully saturated rings. The van der Waals surface area contributed by atoms with Crippen molar-refractivity contribution < 1.29 is 17.2 Å². The summed E-state index contributed by atoms with van der Waals surface area (Å²) in [6, 6.07) is 6.99. The SMILES string of the molecule is Nc1ccc(Cl)cc1S(=O)(=O)Cc1ccc(F)c(F)c1. The molecule has 0 aliphatic heterocycles. The molecule has 0 amide bonds. The van der Waals surface area contributed by atoms with Crippen LogP contribution in [0, 0.1) is 11.6 Å². The number of nitrogen functional groups attached to an aromatic ring is 1. The molecule has 0 heterocycles. The maximum atomic E-state index is 13.1. The molecule has 106 valence electrons. The van der Waals surface area contributed by atoms with Crippen molar-refractivity contribution in [1.29, 1.82) is 0 Å². The van der Waals surface area contributed by atoms with Crippen molar-refractivity contribution in [2.45, 2.75) is 10.6 Å². The number of benzene rings is 2. The number of anilines is 1. The smallest absolute Gasteiger partial charge is 0.184 e. The molecule has 20 heavy (non-hydrogen) atoms. The molecule has 0 unspecified atom stereocenters. The first kappa shape index (κ1) is 14.7. The minimum absolute atomic E-state index is 0.0528. The first-order valence-electron chi connectivity index (χ1n) is 5.51. The number of hydrogen-bond acceptors (Lipinski definition) is 3. The zero-order valence-corrected chi connectivity index (χ0v) is 11.7. The van der Waals surface area contributed by atoms with Gasteiger partial charge in [0.05, 0.1) is 16.3 Å². The van der Waals surface area contributed by atoms with Gasteiger partial charge in [-0.15, -0.1) is 0 Å². The topological polar surface area (TPSA) is 60.2 Å². The molecule has 2 N–H and O–H groups in total. The van der Waals surface area contributed by atoms with Crippen molar-refractivity contribution in [3.05, 3.63) is 58.6 Å². The Morgan fingerprint density at radius 1 is 1.05 bits per heavy atom. The fraction of sp³-hybridized carbons (Fsp3) is 0.0769. The van der Waals surface area contributed by atoms with E-state index in [1.54, 1.807) is 0 Å². The van der Waals surface area contributed by atoms with Crippen molar-refractivity contribution in [3.8, 4) is 0 Å². The summed E-state index contributed by atoms with van der Waals surface area (Å²) in [5.74, 6) is -2.63. The molecule has 2 rings (SSSR count). The Bertz CT molecular complexity index is 763. The third kappa shape index (κ3) is 3.08. The predicted octanol–water partition coefficient (Wildman–Crippen LogP) is 3.17. The van der Waals surface area contributed by atoms with Gasteiger partial charge in [-0.1, -0.05) is 17.7 Å². The third-order valence-electron chi connectivity index (χ3n) is 2.65. The zero-order chi connectivity index (χ0) is 14.9. The molecule has 3 nitrogen and oxygen atoms in total. The Labute approximate surface area is 119 Å². The second kappa shape index (κ2) is 5.38. The summed E-state index contributed by atoms with van der Waals surface area (Å²) >= 11 is 5.74. The summed E-state index contributed by atoms with van der Waals surface area (Å²) < 4.78 is 50.3. The van der Waals surface area contributed by atoms with Gasteiger partial charge in [0.15, 0.2) is 21.5 Å². The van der Waals surface area contributed by atoms with E-state index in [0.717, 1.165) is 12.1 Å². The average Bonchev–Trinajstić information content (AvgIpc) is 2.36. The van der Waals surface area contributed by atoms with Gasteiger partial charge < -0.3 is 5.73 Å². The highest BCUT2D eigenvalue weighted by Crippen LogP contribution is 2.26. The summed E-state index contributed by atoms with van der Waals surface area (Å²) in [6.07, 6.45) is 0. The van der Waals surface area contributed by atoms with E-state index in [2.05, 4.69) is 0 Å². The third-order valence-corrected chi connectivity index (χ3v) is 4.62. The lowest BCUT2D eigenvalue weighted by molar-refractivity contribution is 0.507. The van der Waals surface area contributed by atoms with Gasteiger partial charge in [-0.3, -0.25) is 0 Å². The minimum atomic E-state index is -3.79. The fourth-order valence-corrected chi connectivity index (χ4v) is 3.45. The van der Waals surface area contributed by atoms with Crippen LogP contribution in [0.5, 0.6) is 0 Å². The number of hydrogen-bond donors (Lipinski definition) is 1. The lowest BCUT2D eigenvalue weighted by Gasteiger charge is -2.08. The molecule has 0 atom stereocenters. The standard InChI is InChI=1S/C13H10ClF2NO2S/c14-9-2-4-12(17)13(6-9)20(18,19)7-8-1-3-10(15)11(16)5-8/h1-6H,7,17H2. The van der Waals surface area contributed by atoms with Crippen LogP contribution < -0.4 is 5.73 Å². The molecule has 2 aromatic rings. The van der Waals surface area contributed by atoms with Gasteiger partial charge in [0.2, 0.25) is 0 Å². The van der Waals surface area contributed by atoms with Crippen LogP contribution in [0.3, 0.4) is 0 Å². The lowest BCUT2D eigenvalue weighted by Crippen LogP contribution is -2.08. The van der Waals surface area contributed by atoms with Crippen molar-refractivity contribution in [2.24, 2.45) is 0 Å². The molecule has 2 aromatic carbocycles. The predicted molar refractivity (Wildman–Crippen MR) is 73.1 cm³/mol. The summed E-state index contributed by atoms with van der Waals surface area (Å²) in [5, 5.41) is 0.225. The first-order valence-corrected chi connectivity index (χ1v) is 7.54. The number of halogens is 3. The van der Waals surface area contributed by atoms with Crippen LogP contribution in [-0.2, 0) is 15.6 Å². The Hall–Kier alpha value is -1.66. The molecular formula is C13H10ClF2NO2S. The molecule has 7 heteroatoms. The van der Waals surface area contributed by atoms with E-state index in [9.17, 15) is 17.2 Å². The molecule has 0 saturated heterocycles. The summed E-state index contributed by atoms with van der Waals surface area (Å²) in [5.41, 5.74) is 5.79. The zero-order valence-electron chi connectivity index (χ0n) is 10.1. The van der Waals surface area contributed by atoms with E-state index in [4.69, 9.17) is 17.3 Å². The Kier molecular flexibility index (Phi) is 3.96. The van der Waals surface area contributed by atoms with Crippen LogP contribution in [0.2, 0.25) is 5.02 Å². The maximum absolute atomic E-state index is 13.1. The largest absolute Gasteiger partial charge is 0.398 e. The van der Waals surface area contributed by atoms with Gasteiger partial charge >= 0.3 is 0 Å². The highest BCUT2D eigenvalue weighted by Gasteiger charge is 2.19. The summed E-state index contributed by atoms with van der Waals surface area (Å²) in [6.45, 7) is 0. The highest BCUT2D eigenvalue weighted by atomic mass is 35.5. The van der Waals surface area contributed by atoms with E-state index in [1.807, 2.05) is 0 Å². The summed E-state index contributed by atoms with van der Waals surface area (Å²) in [4.78, 5) is -0.130. The molecule has 0 aromatic heterocycles. The minimum Gasteiger partial charge on any atom is -0.398 e. The number of sulfone groups is 1. The average molecular weight is 318 g/mol. The second-order valence-electron chi connectivity index (χ2n) is 4.19. The van der Waals surface area contributed by atoms with Crippen molar-refractivity contribution >= 4 is 27.1 Å². The fourth-order valence-electron chi connectivity index (χ4n) is 1.70. The Balaban J connectivity index is 2.40. The van der Waals surface area contributed by atoms with Crippen molar-refractivity contribution in [2.75, 3.05) is 5.73 Å². The Morgan fingerprint density at radius 2 is 1.75 bits per heavy atom. The van der Waals surface area contributed by atoms with Crippen LogP contribution in [0.4, 0.5) is 14.5 Å². The lowest BCUT2D eigenvalue weighted by atomic mass is 10.2. The molecule has 0 aliphatic carbocycles. The monoisotopic (exact) mass is 317 g/mol. The maximum Gasteiger partial charge on any atom is 0.184 e. The van der Waals surface area contributed by atoms with Gasteiger partial charge in [0.1, 0.15) is 0 Å². The van der Waals surface area contributed by atoms with Gasteiger partial charge in [0.25, 0.3) is 0 Å². The van der Waals surface area contributed by atoms with Crippen LogP contribution in [-0.4, -0.2) is 8.42 Å². The van der Waals surface area contributed by atoms with Gasteiger partial charge in [-0.05, 0) is 35.9 Å². The van der Waals surface area contributed by atoms with Crippen molar-refractivity contribution in [1.82, 2.24) is 0 Å². The summed E-state index contributed by atoms with van der Waals surface area (Å²) in [7, 11) is -3.79. The van der Waals surface area contributed by atoms with Gasteiger partial charge in [-0.2, -0.15) is 0 Å². The molecule has 0 aliphatic rings. The van der Waals surface area contributed by atoms with E-state index in [-0.39, 0.29) is 21.2 Å². The van der Waals surface area contributed by atoms with Gasteiger partial charge in [0, 0.05) is 5.02 Å². The highest BCUT2D eigenvalue weighted by molar-refractivity contribution is 7.90.